The highest BCUT2D eigenvalue weighted by atomic mass is 16.5. The summed E-state index contributed by atoms with van der Waals surface area (Å²) < 4.78 is 6.21. The number of rotatable bonds is 0. The molecule has 82 valence electrons. The SMILES string of the molecule is CN1CCC2(CC1)NCCC(C)(C)O2. The normalized spacial score (nSPS) is 31.9. The summed E-state index contributed by atoms with van der Waals surface area (Å²) in [5.41, 5.74) is 0.0371. The van der Waals surface area contributed by atoms with E-state index in [0.29, 0.717) is 0 Å². The van der Waals surface area contributed by atoms with E-state index in [1.54, 1.807) is 0 Å². The molecule has 1 N–H and O–H groups in total. The van der Waals surface area contributed by atoms with Crippen LogP contribution in [0.2, 0.25) is 0 Å². The maximum absolute atomic E-state index is 6.21. The van der Waals surface area contributed by atoms with Crippen LogP contribution in [0.3, 0.4) is 0 Å². The lowest BCUT2D eigenvalue weighted by Gasteiger charge is -2.49. The van der Waals surface area contributed by atoms with E-state index in [9.17, 15) is 0 Å². The maximum atomic E-state index is 6.21. The molecule has 0 bridgehead atoms. The second kappa shape index (κ2) is 3.47. The van der Waals surface area contributed by atoms with Gasteiger partial charge >= 0.3 is 0 Å². The topological polar surface area (TPSA) is 24.5 Å². The monoisotopic (exact) mass is 198 g/mol. The largest absolute Gasteiger partial charge is 0.355 e. The molecule has 0 aliphatic carbocycles. The van der Waals surface area contributed by atoms with Crippen molar-refractivity contribution in [1.29, 1.82) is 0 Å². The minimum absolute atomic E-state index is 0.0196. The van der Waals surface area contributed by atoms with Crippen molar-refractivity contribution in [2.24, 2.45) is 0 Å². The molecule has 3 nitrogen and oxygen atoms in total. The van der Waals surface area contributed by atoms with Crippen molar-refractivity contribution in [3.63, 3.8) is 0 Å². The van der Waals surface area contributed by atoms with E-state index < -0.39 is 0 Å². The molecule has 2 saturated heterocycles. The van der Waals surface area contributed by atoms with Crippen LogP contribution in [0.15, 0.2) is 0 Å². The van der Waals surface area contributed by atoms with Gasteiger partial charge in [0.1, 0.15) is 5.72 Å². The van der Waals surface area contributed by atoms with Crippen molar-refractivity contribution in [1.82, 2.24) is 10.2 Å². The van der Waals surface area contributed by atoms with Gasteiger partial charge in [0.05, 0.1) is 5.60 Å². The molecule has 0 aromatic rings. The molecule has 0 aromatic carbocycles. The summed E-state index contributed by atoms with van der Waals surface area (Å²) in [6.45, 7) is 7.78. The molecule has 0 radical (unpaired) electrons. The smallest absolute Gasteiger partial charge is 0.122 e. The molecule has 2 heterocycles. The van der Waals surface area contributed by atoms with Crippen LogP contribution in [-0.4, -0.2) is 42.9 Å². The van der Waals surface area contributed by atoms with Gasteiger partial charge in [-0.2, -0.15) is 0 Å². The van der Waals surface area contributed by atoms with Gasteiger partial charge in [-0.1, -0.05) is 0 Å². The van der Waals surface area contributed by atoms with Gasteiger partial charge in [-0.15, -0.1) is 0 Å². The molecular weight excluding hydrogens is 176 g/mol. The number of likely N-dealkylation sites (tertiary alicyclic amines) is 1. The van der Waals surface area contributed by atoms with Gasteiger partial charge in [0.2, 0.25) is 0 Å². The van der Waals surface area contributed by atoms with Crippen LogP contribution in [-0.2, 0) is 4.74 Å². The lowest BCUT2D eigenvalue weighted by atomic mass is 9.93. The van der Waals surface area contributed by atoms with Gasteiger partial charge in [-0.05, 0) is 27.3 Å². The van der Waals surface area contributed by atoms with E-state index in [4.69, 9.17) is 4.74 Å². The Hall–Kier alpha value is -0.120. The van der Waals surface area contributed by atoms with Crippen molar-refractivity contribution in [2.45, 2.75) is 44.4 Å². The lowest BCUT2D eigenvalue weighted by molar-refractivity contribution is -0.203. The molecule has 0 unspecified atom stereocenters. The van der Waals surface area contributed by atoms with Gasteiger partial charge in [0.25, 0.3) is 0 Å². The van der Waals surface area contributed by atoms with E-state index in [1.807, 2.05) is 0 Å². The van der Waals surface area contributed by atoms with E-state index >= 15 is 0 Å². The fourth-order valence-corrected chi connectivity index (χ4v) is 2.47. The van der Waals surface area contributed by atoms with Crippen LogP contribution >= 0.6 is 0 Å². The minimum Gasteiger partial charge on any atom is -0.355 e. The van der Waals surface area contributed by atoms with Gasteiger partial charge in [-0.25, -0.2) is 0 Å². The number of hydrogen-bond donors (Lipinski definition) is 1. The Morgan fingerprint density at radius 2 is 1.79 bits per heavy atom. The van der Waals surface area contributed by atoms with Crippen LogP contribution in [0.1, 0.15) is 33.1 Å². The zero-order chi connectivity index (χ0) is 10.2. The molecule has 2 aliphatic rings. The van der Waals surface area contributed by atoms with Gasteiger partial charge in [-0.3, -0.25) is 5.32 Å². The average Bonchev–Trinajstić information content (AvgIpc) is 2.09. The summed E-state index contributed by atoms with van der Waals surface area (Å²) in [5.74, 6) is 0. The highest BCUT2D eigenvalue weighted by Crippen LogP contribution is 2.33. The van der Waals surface area contributed by atoms with Crippen molar-refractivity contribution >= 4 is 0 Å². The van der Waals surface area contributed by atoms with Gasteiger partial charge in [0, 0.05) is 32.5 Å². The third-order valence-corrected chi connectivity index (χ3v) is 3.44. The molecule has 0 saturated carbocycles. The highest BCUT2D eigenvalue weighted by molar-refractivity contribution is 4.91. The van der Waals surface area contributed by atoms with Gasteiger partial charge < -0.3 is 9.64 Å². The van der Waals surface area contributed by atoms with Crippen LogP contribution in [0.25, 0.3) is 0 Å². The number of nitrogens with zero attached hydrogens (tertiary/aromatic N) is 1. The van der Waals surface area contributed by atoms with E-state index in [0.717, 1.165) is 38.9 Å². The van der Waals surface area contributed by atoms with E-state index in [2.05, 4.69) is 31.1 Å². The number of nitrogens with one attached hydrogen (secondary N) is 1. The van der Waals surface area contributed by atoms with Crippen LogP contribution in [0.4, 0.5) is 0 Å². The standard InChI is InChI=1S/C11H22N2O/c1-10(2)4-7-12-11(14-10)5-8-13(3)9-6-11/h12H,4-9H2,1-3H3. The first kappa shape index (κ1) is 10.4. The Morgan fingerprint density at radius 1 is 1.14 bits per heavy atom. The molecule has 2 aliphatic heterocycles. The molecule has 0 atom stereocenters. The van der Waals surface area contributed by atoms with Crippen molar-refractivity contribution in [3.05, 3.63) is 0 Å². The highest BCUT2D eigenvalue weighted by Gasteiger charge is 2.42. The van der Waals surface area contributed by atoms with Crippen molar-refractivity contribution in [3.8, 4) is 0 Å². The quantitative estimate of drug-likeness (QED) is 0.633. The predicted octanol–water partition coefficient (Wildman–Crippen LogP) is 1.20. The third-order valence-electron chi connectivity index (χ3n) is 3.44. The minimum atomic E-state index is -0.0196. The van der Waals surface area contributed by atoms with Crippen molar-refractivity contribution in [2.75, 3.05) is 26.7 Å². The number of hydrogen-bond acceptors (Lipinski definition) is 3. The molecule has 14 heavy (non-hydrogen) atoms. The zero-order valence-corrected chi connectivity index (χ0v) is 9.60. The predicted molar refractivity (Wildman–Crippen MR) is 57.2 cm³/mol. The van der Waals surface area contributed by atoms with Crippen molar-refractivity contribution < 1.29 is 4.74 Å². The molecule has 2 rings (SSSR count). The fraction of sp³-hybridized carbons (Fsp3) is 1.00. The number of ether oxygens (including phenoxy) is 1. The summed E-state index contributed by atoms with van der Waals surface area (Å²) in [4.78, 5) is 2.37. The van der Waals surface area contributed by atoms with Gasteiger partial charge in [0.15, 0.2) is 0 Å². The lowest BCUT2D eigenvalue weighted by Crippen LogP contribution is -2.61. The molecule has 1 spiro atoms. The Bertz CT molecular complexity index is 207. The summed E-state index contributed by atoms with van der Waals surface area (Å²) in [5, 5.41) is 3.56. The Kier molecular flexibility index (Phi) is 2.58. The summed E-state index contributed by atoms with van der Waals surface area (Å²) in [7, 11) is 2.18. The van der Waals surface area contributed by atoms with Crippen LogP contribution in [0.5, 0.6) is 0 Å². The first-order valence-electron chi connectivity index (χ1n) is 5.65. The Morgan fingerprint density at radius 3 is 2.36 bits per heavy atom. The van der Waals surface area contributed by atoms with Crippen LogP contribution < -0.4 is 5.32 Å². The van der Waals surface area contributed by atoms with E-state index in [-0.39, 0.29) is 11.3 Å². The first-order chi connectivity index (χ1) is 6.52. The average molecular weight is 198 g/mol. The van der Waals surface area contributed by atoms with Crippen LogP contribution in [0, 0.1) is 0 Å². The third kappa shape index (κ3) is 2.10. The summed E-state index contributed by atoms with van der Waals surface area (Å²) in [6.07, 6.45) is 3.35. The molecule has 2 fully saturated rings. The Labute approximate surface area is 86.8 Å². The second-order valence-corrected chi connectivity index (χ2v) is 5.34. The summed E-state index contributed by atoms with van der Waals surface area (Å²) in [6, 6.07) is 0. The fourth-order valence-electron chi connectivity index (χ4n) is 2.47. The number of piperidine rings is 1. The maximum Gasteiger partial charge on any atom is 0.122 e. The molecule has 0 amide bonds. The second-order valence-electron chi connectivity index (χ2n) is 5.34. The summed E-state index contributed by atoms with van der Waals surface area (Å²) >= 11 is 0. The first-order valence-corrected chi connectivity index (χ1v) is 5.65. The Balaban J connectivity index is 2.01. The molecule has 3 heteroatoms. The molecular formula is C11H22N2O. The molecule has 0 aromatic heterocycles. The zero-order valence-electron chi connectivity index (χ0n) is 9.60. The van der Waals surface area contributed by atoms with E-state index in [1.165, 1.54) is 0 Å².